The van der Waals surface area contributed by atoms with Crippen molar-refractivity contribution in [3.05, 3.63) is 11.6 Å². The summed E-state index contributed by atoms with van der Waals surface area (Å²) in [5.74, 6) is 3.42. The lowest BCUT2D eigenvalue weighted by Gasteiger charge is -2.58. The van der Waals surface area contributed by atoms with Crippen molar-refractivity contribution in [2.45, 2.75) is 141 Å². The van der Waals surface area contributed by atoms with Crippen LogP contribution in [0, 0.1) is 46.3 Å². The molecule has 3 heterocycles. The molecule has 7 aliphatic rings. The Morgan fingerprint density at radius 2 is 1.73 bits per heavy atom. The molecule has 4 aliphatic carbocycles. The highest BCUT2D eigenvalue weighted by Crippen LogP contribution is 2.70. The lowest BCUT2D eigenvalue weighted by molar-refractivity contribution is -0.305. The second-order valence-corrected chi connectivity index (χ2v) is 15.5. The van der Waals surface area contributed by atoms with Gasteiger partial charge in [-0.3, -0.25) is 0 Å². The molecular weight excluding hydrogens is 508 g/mol. The van der Waals surface area contributed by atoms with Gasteiger partial charge in [0.05, 0.1) is 24.9 Å². The van der Waals surface area contributed by atoms with Gasteiger partial charge in [-0.15, -0.1) is 0 Å². The van der Waals surface area contributed by atoms with E-state index in [0.717, 1.165) is 38.7 Å². The van der Waals surface area contributed by atoms with Crippen LogP contribution < -0.4 is 0 Å². The summed E-state index contributed by atoms with van der Waals surface area (Å²) < 4.78 is 25.5. The van der Waals surface area contributed by atoms with E-state index in [1.807, 2.05) is 0 Å². The van der Waals surface area contributed by atoms with Crippen LogP contribution in [0.25, 0.3) is 0 Å². The molecule has 1 spiro atoms. The predicted molar refractivity (Wildman–Crippen MR) is 149 cm³/mol. The van der Waals surface area contributed by atoms with Crippen LogP contribution in [-0.2, 0) is 18.9 Å². The first kappa shape index (κ1) is 28.2. The molecule has 3 saturated heterocycles. The Hall–Kier alpha value is -0.540. The molecule has 7 heteroatoms. The summed E-state index contributed by atoms with van der Waals surface area (Å²) >= 11 is 0. The Morgan fingerprint density at radius 1 is 0.925 bits per heavy atom. The van der Waals surface area contributed by atoms with Crippen molar-refractivity contribution in [2.75, 3.05) is 6.61 Å². The SMILES string of the molecule is C[C@@H]1CC[C@@]2(OC1)O[C@H]1C[C@H]3[C@@H]4CC=C5C[C@@H](O[C@@H]6O[C@H](C)[C@H](O)[C@H](O)[C@H]6O)CC[C@]5(C)[C@H]4CC[C@]3(C)[C@H]1[C@@H]2C. The van der Waals surface area contributed by atoms with Crippen molar-refractivity contribution in [2.24, 2.45) is 46.3 Å². The van der Waals surface area contributed by atoms with Crippen molar-refractivity contribution in [3.8, 4) is 0 Å². The summed E-state index contributed by atoms with van der Waals surface area (Å²) in [6.07, 6.45) is 7.71. The molecule has 7 nitrogen and oxygen atoms in total. The molecule has 0 bridgehead atoms. The predicted octanol–water partition coefficient (Wildman–Crippen LogP) is 4.57. The monoisotopic (exact) mass is 560 g/mol. The van der Waals surface area contributed by atoms with Crippen molar-refractivity contribution >= 4 is 0 Å². The lowest BCUT2D eigenvalue weighted by atomic mass is 9.47. The number of hydrogen-bond donors (Lipinski definition) is 3. The third kappa shape index (κ3) is 4.01. The Morgan fingerprint density at radius 3 is 2.48 bits per heavy atom. The third-order valence-electron chi connectivity index (χ3n) is 13.5. The zero-order chi connectivity index (χ0) is 28.2. The molecule has 3 saturated carbocycles. The van der Waals surface area contributed by atoms with Gasteiger partial charge < -0.3 is 34.3 Å². The lowest BCUT2D eigenvalue weighted by Crippen LogP contribution is -2.58. The number of aliphatic hydroxyl groups excluding tert-OH is 3. The maximum absolute atomic E-state index is 10.5. The van der Waals surface area contributed by atoms with Gasteiger partial charge in [0.1, 0.15) is 18.3 Å². The largest absolute Gasteiger partial charge is 0.388 e. The van der Waals surface area contributed by atoms with Gasteiger partial charge in [-0.05, 0) is 98.7 Å². The fourth-order valence-corrected chi connectivity index (χ4v) is 11.1. The van der Waals surface area contributed by atoms with Gasteiger partial charge >= 0.3 is 0 Å². The maximum Gasteiger partial charge on any atom is 0.186 e. The van der Waals surface area contributed by atoms with Crippen LogP contribution in [0.1, 0.15) is 92.4 Å². The summed E-state index contributed by atoms with van der Waals surface area (Å²) in [5, 5.41) is 30.8. The molecule has 3 N–H and O–H groups in total. The fourth-order valence-electron chi connectivity index (χ4n) is 11.1. The van der Waals surface area contributed by atoms with Crippen LogP contribution in [-0.4, -0.2) is 70.6 Å². The normalized spacial score (nSPS) is 59.5. The second-order valence-electron chi connectivity index (χ2n) is 15.5. The van der Waals surface area contributed by atoms with Gasteiger partial charge in [-0.1, -0.05) is 39.3 Å². The summed E-state index contributed by atoms with van der Waals surface area (Å²) in [6, 6.07) is 0. The first-order valence-electron chi connectivity index (χ1n) is 16.3. The first-order valence-corrected chi connectivity index (χ1v) is 16.3. The van der Waals surface area contributed by atoms with Crippen molar-refractivity contribution in [3.63, 3.8) is 0 Å². The smallest absolute Gasteiger partial charge is 0.186 e. The standard InChI is InChI=1S/C33H52O7/c1-17-8-13-33(37-16-17)18(2)26-25(40-33)15-24-22-7-6-20-14-21(39-30-29(36)28(35)27(34)19(3)38-30)9-11-31(20,4)23(22)10-12-32(24,26)5/h6,17-19,21-30,34-36H,7-16H2,1-5H3/t17-,18+,19-,21+,22-,23+,24+,25+,26+,27+,28+,29-,30+,31+,32+,33-/m1/s1. The topological polar surface area (TPSA) is 97.6 Å². The molecule has 6 fully saturated rings. The highest BCUT2D eigenvalue weighted by molar-refractivity contribution is 5.26. The van der Waals surface area contributed by atoms with Crippen LogP contribution in [0.2, 0.25) is 0 Å². The molecule has 3 aliphatic heterocycles. The minimum atomic E-state index is -1.26. The number of fused-ring (bicyclic) bond motifs is 7. The highest BCUT2D eigenvalue weighted by Gasteiger charge is 2.68. The van der Waals surface area contributed by atoms with Gasteiger partial charge in [-0.2, -0.15) is 0 Å². The van der Waals surface area contributed by atoms with E-state index in [1.54, 1.807) is 6.92 Å². The van der Waals surface area contributed by atoms with E-state index in [9.17, 15) is 15.3 Å². The average Bonchev–Trinajstić information content (AvgIpc) is 3.37. The van der Waals surface area contributed by atoms with Crippen LogP contribution in [0.5, 0.6) is 0 Å². The van der Waals surface area contributed by atoms with Crippen LogP contribution in [0.4, 0.5) is 0 Å². The second kappa shape index (κ2) is 9.73. The van der Waals surface area contributed by atoms with Crippen LogP contribution in [0.3, 0.4) is 0 Å². The van der Waals surface area contributed by atoms with E-state index in [2.05, 4.69) is 33.8 Å². The van der Waals surface area contributed by atoms with Crippen molar-refractivity contribution < 1.29 is 34.3 Å². The van der Waals surface area contributed by atoms with Crippen LogP contribution >= 0.6 is 0 Å². The molecule has 0 unspecified atom stereocenters. The molecule has 40 heavy (non-hydrogen) atoms. The highest BCUT2D eigenvalue weighted by atomic mass is 16.7. The minimum Gasteiger partial charge on any atom is -0.388 e. The maximum atomic E-state index is 10.5. The fraction of sp³-hybridized carbons (Fsp3) is 0.939. The molecule has 7 rings (SSSR count). The zero-order valence-electron chi connectivity index (χ0n) is 25.1. The van der Waals surface area contributed by atoms with Crippen LogP contribution in [0.15, 0.2) is 11.6 Å². The number of ether oxygens (including phenoxy) is 4. The quantitative estimate of drug-likeness (QED) is 0.426. The van der Waals surface area contributed by atoms with Crippen molar-refractivity contribution in [1.29, 1.82) is 0 Å². The molecule has 0 radical (unpaired) electrons. The zero-order valence-corrected chi connectivity index (χ0v) is 25.1. The van der Waals surface area contributed by atoms with E-state index in [1.165, 1.54) is 31.3 Å². The first-order chi connectivity index (χ1) is 19.0. The molecule has 16 atom stereocenters. The summed E-state index contributed by atoms with van der Waals surface area (Å²) in [5.41, 5.74) is 2.02. The number of rotatable bonds is 2. The molecule has 0 aromatic heterocycles. The van der Waals surface area contributed by atoms with E-state index < -0.39 is 30.7 Å². The molecule has 226 valence electrons. The molecule has 0 aromatic rings. The van der Waals surface area contributed by atoms with Crippen molar-refractivity contribution in [1.82, 2.24) is 0 Å². The van der Waals surface area contributed by atoms with Gasteiger partial charge in [0.15, 0.2) is 12.1 Å². The Balaban J connectivity index is 1.06. The van der Waals surface area contributed by atoms with E-state index in [0.29, 0.717) is 47.0 Å². The summed E-state index contributed by atoms with van der Waals surface area (Å²) in [7, 11) is 0. The molecule has 0 amide bonds. The number of allylic oxidation sites excluding steroid dienone is 1. The Labute approximate surface area is 240 Å². The van der Waals surface area contributed by atoms with E-state index in [-0.39, 0.29) is 17.3 Å². The minimum absolute atomic E-state index is 0.0477. The summed E-state index contributed by atoms with van der Waals surface area (Å²) in [6.45, 7) is 12.4. The van der Waals surface area contributed by atoms with E-state index >= 15 is 0 Å². The third-order valence-corrected chi connectivity index (χ3v) is 13.5. The Kier molecular flexibility index (Phi) is 6.87. The average molecular weight is 561 g/mol. The molecule has 0 aromatic carbocycles. The molecular formula is C33H52O7. The van der Waals surface area contributed by atoms with Gasteiger partial charge in [-0.25, -0.2) is 0 Å². The summed E-state index contributed by atoms with van der Waals surface area (Å²) in [4.78, 5) is 0. The van der Waals surface area contributed by atoms with E-state index in [4.69, 9.17) is 18.9 Å². The van der Waals surface area contributed by atoms with Gasteiger partial charge in [0.2, 0.25) is 0 Å². The number of hydrogen-bond acceptors (Lipinski definition) is 7. The van der Waals surface area contributed by atoms with Gasteiger partial charge in [0, 0.05) is 12.3 Å². The van der Waals surface area contributed by atoms with Gasteiger partial charge in [0.25, 0.3) is 0 Å². The Bertz CT molecular complexity index is 1010. The number of aliphatic hydroxyl groups is 3.